The number of aromatic amines is 1. The summed E-state index contributed by atoms with van der Waals surface area (Å²) in [4.78, 5) is 18.9. The third-order valence-corrected chi connectivity index (χ3v) is 4.15. The van der Waals surface area contributed by atoms with E-state index in [4.69, 9.17) is 0 Å². The van der Waals surface area contributed by atoms with Gasteiger partial charge in [0.15, 0.2) is 0 Å². The molecule has 2 N–H and O–H groups in total. The molecule has 22 heavy (non-hydrogen) atoms. The Hall–Kier alpha value is -2.21. The fourth-order valence-electron chi connectivity index (χ4n) is 2.93. The van der Waals surface area contributed by atoms with Crippen molar-refractivity contribution in [2.75, 3.05) is 19.6 Å². The fraction of sp³-hybridized carbons (Fsp3) is 0.438. The second kappa shape index (κ2) is 6.70. The Labute approximate surface area is 129 Å². The maximum Gasteiger partial charge on any atom is 0.269 e. The van der Waals surface area contributed by atoms with Crippen molar-refractivity contribution in [2.45, 2.75) is 25.8 Å². The number of likely N-dealkylation sites (tertiary alicyclic amines) is 1. The van der Waals surface area contributed by atoms with E-state index in [1.807, 2.05) is 18.2 Å². The number of hydrogen-bond donors (Lipinski definition) is 2. The molecule has 1 amide bonds. The molecule has 0 aliphatic carbocycles. The smallest absolute Gasteiger partial charge is 0.269 e. The topological polar surface area (TPSA) is 73.9 Å². The van der Waals surface area contributed by atoms with E-state index in [0.717, 1.165) is 25.2 Å². The molecule has 0 saturated carbocycles. The van der Waals surface area contributed by atoms with Gasteiger partial charge in [-0.25, -0.2) is 0 Å². The van der Waals surface area contributed by atoms with Crippen molar-refractivity contribution in [3.8, 4) is 11.4 Å². The summed E-state index contributed by atoms with van der Waals surface area (Å²) in [7, 11) is 0. The van der Waals surface area contributed by atoms with Crippen LogP contribution < -0.4 is 5.32 Å². The standard InChI is InChI=1S/C16H21N5O/c1-2-21-9-5-6-12(21)11-18-16(22)15-10-14(19-20-15)13-7-3-4-8-17-13/h3-4,7-8,10,12H,2,5-6,9,11H2,1H3,(H,18,22)(H,19,20). The monoisotopic (exact) mass is 299 g/mol. The van der Waals surface area contributed by atoms with Crippen molar-refractivity contribution in [3.05, 3.63) is 36.2 Å². The number of nitrogens with one attached hydrogen (secondary N) is 2. The first-order valence-corrected chi connectivity index (χ1v) is 7.77. The molecule has 1 aliphatic rings. The minimum absolute atomic E-state index is 0.113. The van der Waals surface area contributed by atoms with Gasteiger partial charge in [0.1, 0.15) is 11.4 Å². The van der Waals surface area contributed by atoms with Crippen LogP contribution in [0.5, 0.6) is 0 Å². The quantitative estimate of drug-likeness (QED) is 0.881. The van der Waals surface area contributed by atoms with E-state index in [1.165, 1.54) is 6.42 Å². The number of nitrogens with zero attached hydrogens (tertiary/aromatic N) is 3. The molecular weight excluding hydrogens is 278 g/mol. The van der Waals surface area contributed by atoms with E-state index in [9.17, 15) is 4.79 Å². The Bertz CT molecular complexity index is 624. The number of H-pyrrole nitrogens is 1. The first-order chi connectivity index (χ1) is 10.8. The van der Waals surface area contributed by atoms with Crippen LogP contribution in [0.4, 0.5) is 0 Å². The number of amides is 1. The first kappa shape index (κ1) is 14.7. The van der Waals surface area contributed by atoms with Crippen LogP contribution in [0.1, 0.15) is 30.3 Å². The predicted octanol–water partition coefficient (Wildman–Crippen LogP) is 1.69. The van der Waals surface area contributed by atoms with E-state index in [2.05, 4.69) is 32.3 Å². The lowest BCUT2D eigenvalue weighted by molar-refractivity contribution is 0.0936. The number of hydrogen-bond acceptors (Lipinski definition) is 4. The SMILES string of the molecule is CCN1CCCC1CNC(=O)c1cc(-c2ccccn2)n[nH]1. The van der Waals surface area contributed by atoms with Gasteiger partial charge in [0.05, 0.1) is 5.69 Å². The Kier molecular flexibility index (Phi) is 4.48. The van der Waals surface area contributed by atoms with Gasteiger partial charge in [-0.1, -0.05) is 13.0 Å². The van der Waals surface area contributed by atoms with Crippen LogP contribution in [0.3, 0.4) is 0 Å². The van der Waals surface area contributed by atoms with Gasteiger partial charge < -0.3 is 5.32 Å². The van der Waals surface area contributed by atoms with Crippen molar-refractivity contribution in [1.29, 1.82) is 0 Å². The molecule has 1 fully saturated rings. The van der Waals surface area contributed by atoms with Crippen molar-refractivity contribution >= 4 is 5.91 Å². The lowest BCUT2D eigenvalue weighted by atomic mass is 10.2. The zero-order valence-electron chi connectivity index (χ0n) is 12.7. The molecule has 3 heterocycles. The van der Waals surface area contributed by atoms with E-state index < -0.39 is 0 Å². The zero-order chi connectivity index (χ0) is 15.4. The highest BCUT2D eigenvalue weighted by molar-refractivity contribution is 5.93. The number of rotatable bonds is 5. The Morgan fingerprint density at radius 3 is 3.14 bits per heavy atom. The van der Waals surface area contributed by atoms with Crippen LogP contribution in [0, 0.1) is 0 Å². The largest absolute Gasteiger partial charge is 0.349 e. The molecule has 0 radical (unpaired) electrons. The molecule has 0 spiro atoms. The van der Waals surface area contributed by atoms with Gasteiger partial charge in [-0.05, 0) is 44.1 Å². The molecule has 2 aromatic heterocycles. The van der Waals surface area contributed by atoms with Crippen LogP contribution in [-0.2, 0) is 0 Å². The highest BCUT2D eigenvalue weighted by atomic mass is 16.1. The lowest BCUT2D eigenvalue weighted by Crippen LogP contribution is -2.40. The maximum absolute atomic E-state index is 12.2. The van der Waals surface area contributed by atoms with Crippen LogP contribution in [0.25, 0.3) is 11.4 Å². The molecule has 1 aliphatic heterocycles. The summed E-state index contributed by atoms with van der Waals surface area (Å²) >= 11 is 0. The van der Waals surface area contributed by atoms with Gasteiger partial charge in [0, 0.05) is 18.8 Å². The van der Waals surface area contributed by atoms with Gasteiger partial charge >= 0.3 is 0 Å². The molecule has 0 aromatic carbocycles. The van der Waals surface area contributed by atoms with Crippen molar-refractivity contribution < 1.29 is 4.79 Å². The van der Waals surface area contributed by atoms with E-state index in [0.29, 0.717) is 24.0 Å². The Morgan fingerprint density at radius 1 is 1.45 bits per heavy atom. The minimum atomic E-state index is -0.113. The average molecular weight is 299 g/mol. The van der Waals surface area contributed by atoms with Crippen LogP contribution in [0.2, 0.25) is 0 Å². The Morgan fingerprint density at radius 2 is 2.36 bits per heavy atom. The molecule has 116 valence electrons. The summed E-state index contributed by atoms with van der Waals surface area (Å²) in [5.41, 5.74) is 1.91. The minimum Gasteiger partial charge on any atom is -0.349 e. The molecule has 1 saturated heterocycles. The number of pyridine rings is 1. The third kappa shape index (κ3) is 3.17. The fourth-order valence-corrected chi connectivity index (χ4v) is 2.93. The third-order valence-electron chi connectivity index (χ3n) is 4.15. The van der Waals surface area contributed by atoms with E-state index >= 15 is 0 Å². The van der Waals surface area contributed by atoms with Crippen LogP contribution >= 0.6 is 0 Å². The molecule has 6 heteroatoms. The molecule has 6 nitrogen and oxygen atoms in total. The Balaban J connectivity index is 1.60. The average Bonchev–Trinajstić information content (AvgIpc) is 3.22. The van der Waals surface area contributed by atoms with E-state index in [-0.39, 0.29) is 5.91 Å². The zero-order valence-corrected chi connectivity index (χ0v) is 12.7. The highest BCUT2D eigenvalue weighted by Gasteiger charge is 2.23. The summed E-state index contributed by atoms with van der Waals surface area (Å²) in [6.45, 7) is 5.01. The van der Waals surface area contributed by atoms with Gasteiger partial charge in [0.2, 0.25) is 0 Å². The van der Waals surface area contributed by atoms with E-state index in [1.54, 1.807) is 12.3 Å². The number of carbonyl (C=O) groups excluding carboxylic acids is 1. The predicted molar refractivity (Wildman–Crippen MR) is 84.4 cm³/mol. The second-order valence-corrected chi connectivity index (χ2v) is 5.52. The maximum atomic E-state index is 12.2. The number of carbonyl (C=O) groups is 1. The second-order valence-electron chi connectivity index (χ2n) is 5.52. The van der Waals surface area contributed by atoms with Crippen LogP contribution in [-0.4, -0.2) is 51.7 Å². The lowest BCUT2D eigenvalue weighted by Gasteiger charge is -2.22. The first-order valence-electron chi connectivity index (χ1n) is 7.77. The van der Waals surface area contributed by atoms with Crippen molar-refractivity contribution in [2.24, 2.45) is 0 Å². The van der Waals surface area contributed by atoms with Gasteiger partial charge in [-0.2, -0.15) is 5.10 Å². The summed E-state index contributed by atoms with van der Waals surface area (Å²) in [5.74, 6) is -0.113. The summed E-state index contributed by atoms with van der Waals surface area (Å²) in [6, 6.07) is 7.81. The summed E-state index contributed by atoms with van der Waals surface area (Å²) < 4.78 is 0. The van der Waals surface area contributed by atoms with Gasteiger partial charge in [-0.15, -0.1) is 0 Å². The summed E-state index contributed by atoms with van der Waals surface area (Å²) in [5, 5.41) is 9.95. The molecule has 1 atom stereocenters. The van der Waals surface area contributed by atoms with Gasteiger partial charge in [-0.3, -0.25) is 19.8 Å². The van der Waals surface area contributed by atoms with Crippen molar-refractivity contribution in [1.82, 2.24) is 25.4 Å². The van der Waals surface area contributed by atoms with Gasteiger partial charge in [0.25, 0.3) is 5.91 Å². The van der Waals surface area contributed by atoms with Crippen molar-refractivity contribution in [3.63, 3.8) is 0 Å². The molecule has 2 aromatic rings. The molecule has 0 bridgehead atoms. The molecule has 1 unspecified atom stereocenters. The number of likely N-dealkylation sites (N-methyl/N-ethyl adjacent to an activating group) is 1. The van der Waals surface area contributed by atoms with Crippen LogP contribution in [0.15, 0.2) is 30.5 Å². The highest BCUT2D eigenvalue weighted by Crippen LogP contribution is 2.16. The normalized spacial score (nSPS) is 18.5. The summed E-state index contributed by atoms with van der Waals surface area (Å²) in [6.07, 6.45) is 4.07. The number of aromatic nitrogens is 3. The molecular formula is C16H21N5O. The molecule has 3 rings (SSSR count).